The largest absolute Gasteiger partial charge is 0.741 e. The summed E-state index contributed by atoms with van der Waals surface area (Å²) in [6, 6.07) is 6.13. The van der Waals surface area contributed by atoms with Crippen molar-refractivity contribution < 1.29 is 30.8 Å². The first-order valence-electron chi connectivity index (χ1n) is 5.21. The van der Waals surface area contributed by atoms with Gasteiger partial charge >= 0.3 is 5.51 Å². The fourth-order valence-electron chi connectivity index (χ4n) is 1.28. The van der Waals surface area contributed by atoms with Gasteiger partial charge in [-0.15, -0.1) is 0 Å². The SMILES string of the molecule is CC1(C)CN1[n+]1ccccc1.O=S(=O)([O-])C(F)(F)F. The molecule has 0 spiro atoms. The molecule has 0 saturated carbocycles. The third-order valence-corrected chi connectivity index (χ3v) is 2.96. The lowest BCUT2D eigenvalue weighted by atomic mass is 10.2. The van der Waals surface area contributed by atoms with E-state index in [-0.39, 0.29) is 0 Å². The first-order chi connectivity index (χ1) is 8.45. The molecule has 0 atom stereocenters. The third-order valence-electron chi connectivity index (χ3n) is 2.39. The quantitative estimate of drug-likeness (QED) is 0.332. The van der Waals surface area contributed by atoms with Crippen LogP contribution in [-0.2, 0) is 10.1 Å². The smallest absolute Gasteiger partial charge is 0.485 e. The predicted molar refractivity (Wildman–Crippen MR) is 59.6 cm³/mol. The highest BCUT2D eigenvalue weighted by molar-refractivity contribution is 7.86. The first-order valence-corrected chi connectivity index (χ1v) is 6.62. The zero-order valence-corrected chi connectivity index (χ0v) is 11.1. The maximum atomic E-state index is 10.7. The average Bonchev–Trinajstić information content (AvgIpc) is 2.87. The van der Waals surface area contributed by atoms with Crippen LogP contribution in [0.25, 0.3) is 0 Å². The van der Waals surface area contributed by atoms with E-state index < -0.39 is 15.6 Å². The van der Waals surface area contributed by atoms with E-state index in [1.807, 2.05) is 6.07 Å². The van der Waals surface area contributed by atoms with E-state index in [4.69, 9.17) is 13.0 Å². The molecule has 9 heteroatoms. The van der Waals surface area contributed by atoms with Crippen LogP contribution in [0, 0.1) is 0 Å². The number of hydrogen-bond acceptors (Lipinski definition) is 4. The van der Waals surface area contributed by atoms with Gasteiger partial charge in [0.25, 0.3) is 0 Å². The minimum atomic E-state index is -6.09. The molecule has 0 amide bonds. The summed E-state index contributed by atoms with van der Waals surface area (Å²) in [5.74, 6) is 0. The Labute approximate surface area is 109 Å². The Morgan fingerprint density at radius 3 is 1.84 bits per heavy atom. The Hall–Kier alpha value is -1.35. The van der Waals surface area contributed by atoms with Crippen LogP contribution in [0.4, 0.5) is 13.2 Å². The molecule has 1 aliphatic heterocycles. The number of aromatic nitrogens is 1. The number of halogens is 3. The van der Waals surface area contributed by atoms with Gasteiger partial charge in [-0.3, -0.25) is 0 Å². The van der Waals surface area contributed by atoms with Crippen molar-refractivity contribution in [2.45, 2.75) is 24.9 Å². The summed E-state index contributed by atoms with van der Waals surface area (Å²) >= 11 is 0. The standard InChI is InChI=1S/C9H13N2.CHF3O3S/c1-9(2)8-11(9)10-6-4-3-5-7-10;2-1(3,4)8(5,6)7/h3-7H,8H2,1-2H3;(H,5,6,7)/q+1;/p-1. The van der Waals surface area contributed by atoms with E-state index in [0.717, 1.165) is 6.54 Å². The molecular weight excluding hydrogens is 285 g/mol. The van der Waals surface area contributed by atoms with E-state index >= 15 is 0 Å². The molecule has 0 bridgehead atoms. The Morgan fingerprint density at radius 2 is 1.58 bits per heavy atom. The van der Waals surface area contributed by atoms with Crippen molar-refractivity contribution in [1.29, 1.82) is 0 Å². The zero-order chi connectivity index (χ0) is 14.9. The highest BCUT2D eigenvalue weighted by Gasteiger charge is 2.50. The summed E-state index contributed by atoms with van der Waals surface area (Å²) in [6.07, 6.45) is 4.16. The molecule has 0 aliphatic carbocycles. The Morgan fingerprint density at radius 1 is 1.21 bits per heavy atom. The summed E-state index contributed by atoms with van der Waals surface area (Å²) in [4.78, 5) is 0. The fraction of sp³-hybridized carbons (Fsp3) is 0.500. The van der Waals surface area contributed by atoms with Crippen LogP contribution in [0.15, 0.2) is 30.6 Å². The number of pyridine rings is 1. The van der Waals surface area contributed by atoms with Crippen LogP contribution in [0.2, 0.25) is 0 Å². The van der Waals surface area contributed by atoms with Gasteiger partial charge in [0.1, 0.15) is 12.1 Å². The van der Waals surface area contributed by atoms with E-state index in [0.29, 0.717) is 5.54 Å². The van der Waals surface area contributed by atoms with E-state index in [2.05, 4.69) is 48.1 Å². The summed E-state index contributed by atoms with van der Waals surface area (Å²) in [5.41, 5.74) is -5.28. The minimum Gasteiger partial charge on any atom is -0.741 e. The van der Waals surface area contributed by atoms with E-state index in [1.165, 1.54) is 0 Å². The molecule has 1 fully saturated rings. The summed E-state index contributed by atoms with van der Waals surface area (Å²) in [5, 5.41) is 2.31. The van der Waals surface area contributed by atoms with Crippen LogP contribution in [-0.4, -0.2) is 30.6 Å². The number of hydrogen-bond donors (Lipinski definition) is 0. The fourth-order valence-corrected chi connectivity index (χ4v) is 1.28. The van der Waals surface area contributed by atoms with Crippen molar-refractivity contribution in [1.82, 2.24) is 0 Å². The predicted octanol–water partition coefficient (Wildman–Crippen LogP) is 0.756. The Bertz CT molecular complexity index is 529. The van der Waals surface area contributed by atoms with Crippen LogP contribution in [0.3, 0.4) is 0 Å². The second kappa shape index (κ2) is 4.97. The van der Waals surface area contributed by atoms with Crippen LogP contribution >= 0.6 is 0 Å². The van der Waals surface area contributed by atoms with Crippen molar-refractivity contribution in [2.24, 2.45) is 0 Å². The molecule has 1 aliphatic rings. The molecule has 0 N–H and O–H groups in total. The summed E-state index contributed by atoms with van der Waals surface area (Å²) < 4.78 is 61.0. The Balaban J connectivity index is 0.000000203. The number of nitrogens with zero attached hydrogens (tertiary/aromatic N) is 2. The van der Waals surface area contributed by atoms with E-state index in [9.17, 15) is 13.2 Å². The topological polar surface area (TPSA) is 64.1 Å². The highest BCUT2D eigenvalue weighted by Crippen LogP contribution is 2.23. The lowest BCUT2D eigenvalue weighted by Gasteiger charge is -2.08. The second-order valence-electron chi connectivity index (χ2n) is 4.53. The number of alkyl halides is 3. The van der Waals surface area contributed by atoms with Gasteiger partial charge in [-0.1, -0.05) is 10.7 Å². The summed E-state index contributed by atoms with van der Waals surface area (Å²) in [7, 11) is -6.09. The van der Waals surface area contributed by atoms with Crippen LogP contribution < -0.4 is 9.69 Å². The van der Waals surface area contributed by atoms with Gasteiger partial charge in [0.05, 0.1) is 0 Å². The Kier molecular flexibility index (Phi) is 4.11. The molecule has 2 heterocycles. The molecule has 19 heavy (non-hydrogen) atoms. The lowest BCUT2D eigenvalue weighted by molar-refractivity contribution is -0.679. The highest BCUT2D eigenvalue weighted by atomic mass is 32.2. The van der Waals surface area contributed by atoms with Gasteiger partial charge in [-0.05, 0) is 13.8 Å². The van der Waals surface area contributed by atoms with Gasteiger partial charge in [0.15, 0.2) is 22.5 Å². The number of rotatable bonds is 1. The summed E-state index contributed by atoms with van der Waals surface area (Å²) in [6.45, 7) is 5.64. The van der Waals surface area contributed by atoms with Gasteiger partial charge in [0, 0.05) is 12.1 Å². The first kappa shape index (κ1) is 15.7. The molecule has 2 rings (SSSR count). The van der Waals surface area contributed by atoms with Crippen molar-refractivity contribution in [3.05, 3.63) is 30.6 Å². The third kappa shape index (κ3) is 4.35. The van der Waals surface area contributed by atoms with E-state index in [1.54, 1.807) is 0 Å². The second-order valence-corrected chi connectivity index (χ2v) is 5.90. The van der Waals surface area contributed by atoms with Crippen molar-refractivity contribution >= 4 is 10.1 Å². The molecule has 1 aromatic heterocycles. The monoisotopic (exact) mass is 298 g/mol. The molecule has 1 saturated heterocycles. The maximum absolute atomic E-state index is 10.7. The maximum Gasteiger partial charge on any atom is 0.485 e. The average molecular weight is 298 g/mol. The zero-order valence-electron chi connectivity index (χ0n) is 10.3. The van der Waals surface area contributed by atoms with Gasteiger partial charge in [-0.2, -0.15) is 18.2 Å². The molecule has 1 aromatic rings. The minimum absolute atomic E-state index is 0.367. The van der Waals surface area contributed by atoms with Gasteiger partial charge in [-0.25, -0.2) is 8.42 Å². The van der Waals surface area contributed by atoms with Crippen molar-refractivity contribution in [3.8, 4) is 0 Å². The van der Waals surface area contributed by atoms with Gasteiger partial charge in [0.2, 0.25) is 0 Å². The van der Waals surface area contributed by atoms with Crippen LogP contribution in [0.1, 0.15) is 13.8 Å². The molecule has 0 aromatic carbocycles. The molecule has 0 unspecified atom stereocenters. The molecule has 0 radical (unpaired) electrons. The van der Waals surface area contributed by atoms with Crippen LogP contribution in [0.5, 0.6) is 0 Å². The molecule has 108 valence electrons. The van der Waals surface area contributed by atoms with Gasteiger partial charge < -0.3 is 4.55 Å². The molecule has 5 nitrogen and oxygen atoms in total. The lowest BCUT2D eigenvalue weighted by Crippen LogP contribution is -2.47. The normalized spacial score (nSPS) is 17.5. The van der Waals surface area contributed by atoms with Crippen molar-refractivity contribution in [2.75, 3.05) is 11.6 Å². The molecular formula is C10H13F3N2O3S. The van der Waals surface area contributed by atoms with Crippen molar-refractivity contribution in [3.63, 3.8) is 0 Å².